The van der Waals surface area contributed by atoms with Crippen molar-refractivity contribution in [2.45, 2.75) is 5.85 Å². The van der Waals surface area contributed by atoms with Gasteiger partial charge in [0.25, 0.3) is 7.37 Å². The average Bonchev–Trinajstić information content (AvgIpc) is 2.54. The van der Waals surface area contributed by atoms with E-state index in [0.29, 0.717) is 15.9 Å². The maximum Gasteiger partial charge on any atom is 0.263 e. The normalized spacial score (nSPS) is 15.1. The molecule has 0 saturated carbocycles. The highest BCUT2D eigenvalue weighted by Gasteiger charge is 2.35. The van der Waals surface area contributed by atoms with Crippen molar-refractivity contribution >= 4 is 30.0 Å². The van der Waals surface area contributed by atoms with Crippen LogP contribution in [0.2, 0.25) is 5.02 Å². The van der Waals surface area contributed by atoms with E-state index in [1.165, 1.54) is 7.11 Å². The highest BCUT2D eigenvalue weighted by molar-refractivity contribution is 7.67. The van der Waals surface area contributed by atoms with E-state index < -0.39 is 13.2 Å². The van der Waals surface area contributed by atoms with Crippen LogP contribution < -0.4 is 10.2 Å². The van der Waals surface area contributed by atoms with Crippen molar-refractivity contribution in [3.8, 4) is 0 Å². The second kappa shape index (κ2) is 6.84. The van der Waals surface area contributed by atoms with Gasteiger partial charge in [-0.15, -0.1) is 0 Å². The van der Waals surface area contributed by atoms with E-state index in [0.717, 1.165) is 5.69 Å². The fourth-order valence-electron chi connectivity index (χ4n) is 2.14. The van der Waals surface area contributed by atoms with Gasteiger partial charge in [-0.3, -0.25) is 4.57 Å². The third-order valence-corrected chi connectivity index (χ3v) is 6.24. The first-order valence-electron chi connectivity index (χ1n) is 6.75. The molecule has 0 aliphatic rings. The first kappa shape index (κ1) is 17.0. The topological polar surface area (TPSA) is 49.8 Å². The Bertz CT molecular complexity index is 671. The molecule has 22 heavy (non-hydrogen) atoms. The van der Waals surface area contributed by atoms with Crippen molar-refractivity contribution in [1.82, 2.24) is 0 Å². The Morgan fingerprint density at radius 3 is 2.09 bits per heavy atom. The highest BCUT2D eigenvalue weighted by atomic mass is 35.5. The summed E-state index contributed by atoms with van der Waals surface area (Å²) < 4.78 is 18.4. The fourth-order valence-corrected chi connectivity index (χ4v) is 4.08. The molecule has 0 heterocycles. The van der Waals surface area contributed by atoms with Gasteiger partial charge in [0.1, 0.15) is 0 Å². The minimum atomic E-state index is -3.44. The van der Waals surface area contributed by atoms with Crippen LogP contribution in [0.25, 0.3) is 0 Å². The summed E-state index contributed by atoms with van der Waals surface area (Å²) in [5, 5.41) is 11.5. The van der Waals surface area contributed by atoms with E-state index in [-0.39, 0.29) is 0 Å². The van der Waals surface area contributed by atoms with Crippen LogP contribution in [0.15, 0.2) is 48.5 Å². The lowest BCUT2D eigenvalue weighted by atomic mass is 10.2. The Balaban J connectivity index is 2.38. The van der Waals surface area contributed by atoms with E-state index >= 15 is 0 Å². The summed E-state index contributed by atoms with van der Waals surface area (Å²) in [4.78, 5) is 1.94. The highest BCUT2D eigenvalue weighted by Crippen LogP contribution is 2.57. The molecule has 2 aromatic carbocycles. The fraction of sp³-hybridized carbons (Fsp3) is 0.250. The Labute approximate surface area is 135 Å². The van der Waals surface area contributed by atoms with Crippen LogP contribution in [0, 0.1) is 0 Å². The molecule has 2 aromatic rings. The molecule has 0 aliphatic heterocycles. The van der Waals surface area contributed by atoms with Crippen molar-refractivity contribution in [1.29, 1.82) is 0 Å². The van der Waals surface area contributed by atoms with Gasteiger partial charge in [-0.2, -0.15) is 0 Å². The summed E-state index contributed by atoms with van der Waals surface area (Å²) in [6, 6.07) is 13.7. The number of halogens is 1. The first-order chi connectivity index (χ1) is 10.4. The standard InChI is InChI=1S/C16H19ClNO3P/c1-18(2)14-8-10-15(11-9-14)22(20,21-3)16(19)12-4-6-13(17)7-5-12/h4-11,16,19H,1-3H3/t16-,22-/m0/s1. The SMILES string of the molecule is CO[P@@](=O)(c1ccc(N(C)C)cc1)[C@H](O)c1ccc(Cl)cc1. The lowest BCUT2D eigenvalue weighted by Crippen LogP contribution is -2.15. The molecule has 4 nitrogen and oxygen atoms in total. The predicted molar refractivity (Wildman–Crippen MR) is 91.4 cm³/mol. The Morgan fingerprint density at radius 1 is 1.09 bits per heavy atom. The van der Waals surface area contributed by atoms with E-state index in [2.05, 4.69) is 0 Å². The average molecular weight is 340 g/mol. The summed E-state index contributed by atoms with van der Waals surface area (Å²) in [6.07, 6.45) is 0. The van der Waals surface area contributed by atoms with Gasteiger partial charge in [-0.25, -0.2) is 0 Å². The van der Waals surface area contributed by atoms with Crippen molar-refractivity contribution in [3.63, 3.8) is 0 Å². The molecule has 0 unspecified atom stereocenters. The van der Waals surface area contributed by atoms with Crippen LogP contribution in [-0.2, 0) is 9.09 Å². The van der Waals surface area contributed by atoms with Gasteiger partial charge in [-0.05, 0) is 42.0 Å². The number of benzene rings is 2. The summed E-state index contributed by atoms with van der Waals surface area (Å²) >= 11 is 5.84. The maximum absolute atomic E-state index is 13.1. The molecule has 2 atom stereocenters. The van der Waals surface area contributed by atoms with Gasteiger partial charge in [0.2, 0.25) is 0 Å². The van der Waals surface area contributed by atoms with Crippen LogP contribution in [0.4, 0.5) is 5.69 Å². The van der Waals surface area contributed by atoms with E-state index in [1.54, 1.807) is 36.4 Å². The zero-order valence-electron chi connectivity index (χ0n) is 12.7. The molecule has 0 amide bonds. The van der Waals surface area contributed by atoms with Gasteiger partial charge in [0, 0.05) is 37.2 Å². The third kappa shape index (κ3) is 3.36. The minimum Gasteiger partial charge on any atom is -0.378 e. The lowest BCUT2D eigenvalue weighted by molar-refractivity contribution is 0.229. The monoisotopic (exact) mass is 339 g/mol. The summed E-state index contributed by atoms with van der Waals surface area (Å²) in [6.45, 7) is 0. The van der Waals surface area contributed by atoms with E-state index in [9.17, 15) is 9.67 Å². The van der Waals surface area contributed by atoms with Crippen molar-refractivity contribution in [2.24, 2.45) is 0 Å². The molecule has 0 fully saturated rings. The molecule has 0 aliphatic carbocycles. The zero-order valence-corrected chi connectivity index (χ0v) is 14.4. The second-order valence-electron chi connectivity index (χ2n) is 5.12. The number of nitrogens with zero attached hydrogens (tertiary/aromatic N) is 1. The molecular formula is C16H19ClNO3P. The van der Waals surface area contributed by atoms with Crippen molar-refractivity contribution in [3.05, 3.63) is 59.1 Å². The number of hydrogen-bond donors (Lipinski definition) is 1. The van der Waals surface area contributed by atoms with Gasteiger partial charge < -0.3 is 14.5 Å². The summed E-state index contributed by atoms with van der Waals surface area (Å²) in [5.74, 6) is -1.24. The largest absolute Gasteiger partial charge is 0.378 e. The van der Waals surface area contributed by atoms with Crippen LogP contribution in [-0.4, -0.2) is 26.3 Å². The third-order valence-electron chi connectivity index (χ3n) is 3.49. The number of aliphatic hydroxyl groups is 1. The Kier molecular flexibility index (Phi) is 5.30. The summed E-state index contributed by atoms with van der Waals surface area (Å²) in [7, 11) is 1.76. The minimum absolute atomic E-state index is 0.475. The number of aliphatic hydroxyl groups excluding tert-OH is 1. The molecule has 0 radical (unpaired) electrons. The lowest BCUT2D eigenvalue weighted by Gasteiger charge is -2.23. The molecule has 0 saturated heterocycles. The molecule has 118 valence electrons. The van der Waals surface area contributed by atoms with Crippen molar-refractivity contribution < 1.29 is 14.2 Å². The molecule has 2 rings (SSSR count). The quantitative estimate of drug-likeness (QED) is 0.845. The van der Waals surface area contributed by atoms with Gasteiger partial charge in [-0.1, -0.05) is 23.7 Å². The zero-order chi connectivity index (χ0) is 16.3. The predicted octanol–water partition coefficient (Wildman–Crippen LogP) is 3.65. The number of hydrogen-bond acceptors (Lipinski definition) is 4. The van der Waals surface area contributed by atoms with Gasteiger partial charge >= 0.3 is 0 Å². The molecule has 0 bridgehead atoms. The maximum atomic E-state index is 13.1. The number of anilines is 1. The van der Waals surface area contributed by atoms with Crippen molar-refractivity contribution in [2.75, 3.05) is 26.1 Å². The van der Waals surface area contributed by atoms with Gasteiger partial charge in [0.05, 0.1) is 0 Å². The Hall–Kier alpha value is -1.32. The number of rotatable bonds is 5. The van der Waals surface area contributed by atoms with Crippen LogP contribution in [0.1, 0.15) is 11.4 Å². The van der Waals surface area contributed by atoms with Gasteiger partial charge in [0.15, 0.2) is 5.85 Å². The molecule has 1 N–H and O–H groups in total. The van der Waals surface area contributed by atoms with Crippen LogP contribution in [0.3, 0.4) is 0 Å². The second-order valence-corrected chi connectivity index (χ2v) is 8.12. The molecule has 0 aromatic heterocycles. The smallest absolute Gasteiger partial charge is 0.263 e. The van der Waals surface area contributed by atoms with E-state index in [4.69, 9.17) is 16.1 Å². The Morgan fingerprint density at radius 2 is 1.64 bits per heavy atom. The molecule has 0 spiro atoms. The first-order valence-corrected chi connectivity index (χ1v) is 8.82. The van der Waals surface area contributed by atoms with E-state index in [1.807, 2.05) is 31.1 Å². The van der Waals surface area contributed by atoms with Crippen LogP contribution >= 0.6 is 19.0 Å². The summed E-state index contributed by atoms with van der Waals surface area (Å²) in [5.41, 5.74) is 1.48. The molecular weight excluding hydrogens is 321 g/mol. The molecule has 6 heteroatoms. The van der Waals surface area contributed by atoms with Crippen LogP contribution in [0.5, 0.6) is 0 Å².